The molecular formula is C11H16N4O3S2. The lowest BCUT2D eigenvalue weighted by atomic mass is 10.3. The van der Waals surface area contributed by atoms with E-state index in [2.05, 4.69) is 20.2 Å². The van der Waals surface area contributed by atoms with Gasteiger partial charge in [-0.3, -0.25) is 4.72 Å². The third kappa shape index (κ3) is 2.84. The summed E-state index contributed by atoms with van der Waals surface area (Å²) >= 11 is 1.24. The molecular weight excluding hydrogens is 300 g/mol. The maximum atomic E-state index is 12.3. The van der Waals surface area contributed by atoms with E-state index in [0.29, 0.717) is 10.8 Å². The summed E-state index contributed by atoms with van der Waals surface area (Å²) in [5, 5.41) is 8.83. The lowest BCUT2D eigenvalue weighted by Crippen LogP contribution is -2.15. The van der Waals surface area contributed by atoms with Crippen LogP contribution in [0.25, 0.3) is 0 Å². The third-order valence-electron chi connectivity index (χ3n) is 2.86. The Balaban J connectivity index is 2.27. The van der Waals surface area contributed by atoms with Crippen LogP contribution in [0.3, 0.4) is 0 Å². The quantitative estimate of drug-likeness (QED) is 0.873. The summed E-state index contributed by atoms with van der Waals surface area (Å²) in [7, 11) is -1.91. The predicted octanol–water partition coefficient (Wildman–Crippen LogP) is 1.83. The van der Waals surface area contributed by atoms with Gasteiger partial charge in [-0.15, -0.1) is 11.3 Å². The molecule has 2 aromatic rings. The van der Waals surface area contributed by atoms with Crippen LogP contribution in [0.1, 0.15) is 30.1 Å². The molecule has 0 aromatic carbocycles. The standard InChI is InChI=1S/C11H16N4O3S2/c1-6(12-4)9-5-19-11(13-9)15-20(16,17)10-7(2)14-18-8(10)3/h5-6,12H,1-4H3,(H,13,15). The van der Waals surface area contributed by atoms with Gasteiger partial charge in [0.25, 0.3) is 10.0 Å². The summed E-state index contributed by atoms with van der Waals surface area (Å²) < 4.78 is 31.9. The van der Waals surface area contributed by atoms with Crippen LogP contribution in [0.2, 0.25) is 0 Å². The molecule has 20 heavy (non-hydrogen) atoms. The Morgan fingerprint density at radius 1 is 1.40 bits per heavy atom. The normalized spacial score (nSPS) is 13.4. The van der Waals surface area contributed by atoms with Gasteiger partial charge in [-0.05, 0) is 27.8 Å². The second-order valence-corrected chi connectivity index (χ2v) is 6.82. The molecule has 0 fully saturated rings. The number of hydrogen-bond donors (Lipinski definition) is 2. The second kappa shape index (κ2) is 5.51. The zero-order chi connectivity index (χ0) is 14.9. The third-order valence-corrected chi connectivity index (χ3v) is 5.34. The van der Waals surface area contributed by atoms with Gasteiger partial charge in [-0.25, -0.2) is 13.4 Å². The van der Waals surface area contributed by atoms with Crippen molar-refractivity contribution >= 4 is 26.5 Å². The Labute approximate surface area is 121 Å². The smallest absolute Gasteiger partial charge is 0.269 e. The molecule has 0 aliphatic carbocycles. The van der Waals surface area contributed by atoms with Crippen molar-refractivity contribution in [1.29, 1.82) is 0 Å². The minimum absolute atomic E-state index is 0.0589. The van der Waals surface area contributed by atoms with Crippen molar-refractivity contribution in [3.05, 3.63) is 22.5 Å². The molecule has 0 aliphatic heterocycles. The van der Waals surface area contributed by atoms with Crippen LogP contribution < -0.4 is 10.0 Å². The first-order valence-electron chi connectivity index (χ1n) is 5.93. The Hall–Kier alpha value is -1.45. The molecule has 9 heteroatoms. The molecule has 110 valence electrons. The van der Waals surface area contributed by atoms with Gasteiger partial charge in [0.2, 0.25) is 0 Å². The van der Waals surface area contributed by atoms with Gasteiger partial charge in [0.05, 0.1) is 5.69 Å². The minimum atomic E-state index is -3.73. The maximum Gasteiger partial charge on any atom is 0.269 e. The molecule has 2 N–H and O–H groups in total. The van der Waals surface area contributed by atoms with Gasteiger partial charge >= 0.3 is 0 Å². The molecule has 0 spiro atoms. The van der Waals surface area contributed by atoms with Gasteiger partial charge in [0, 0.05) is 11.4 Å². The molecule has 1 unspecified atom stereocenters. The van der Waals surface area contributed by atoms with Gasteiger partial charge < -0.3 is 9.84 Å². The number of rotatable bonds is 5. The van der Waals surface area contributed by atoms with Crippen molar-refractivity contribution in [1.82, 2.24) is 15.5 Å². The molecule has 7 nitrogen and oxygen atoms in total. The summed E-state index contributed by atoms with van der Waals surface area (Å²) in [5.74, 6) is 0.260. The first-order valence-corrected chi connectivity index (χ1v) is 8.30. The SMILES string of the molecule is CNC(C)c1csc(NS(=O)(=O)c2c(C)noc2C)n1. The fraction of sp³-hybridized carbons (Fsp3) is 0.455. The highest BCUT2D eigenvalue weighted by atomic mass is 32.2. The van der Waals surface area contributed by atoms with Gasteiger partial charge in [-0.1, -0.05) is 5.16 Å². The summed E-state index contributed by atoms with van der Waals surface area (Å²) in [6, 6.07) is 0.0589. The van der Waals surface area contributed by atoms with E-state index in [1.165, 1.54) is 11.3 Å². The van der Waals surface area contributed by atoms with Crippen molar-refractivity contribution in [3.63, 3.8) is 0 Å². The van der Waals surface area contributed by atoms with E-state index in [1.54, 1.807) is 13.8 Å². The highest BCUT2D eigenvalue weighted by Gasteiger charge is 2.25. The Morgan fingerprint density at radius 3 is 2.65 bits per heavy atom. The fourth-order valence-corrected chi connectivity index (χ4v) is 4.09. The van der Waals surface area contributed by atoms with E-state index in [9.17, 15) is 8.42 Å². The van der Waals surface area contributed by atoms with E-state index >= 15 is 0 Å². The predicted molar refractivity (Wildman–Crippen MR) is 76.4 cm³/mol. The van der Waals surface area contributed by atoms with Crippen LogP contribution in [0.5, 0.6) is 0 Å². The molecule has 0 radical (unpaired) electrons. The lowest BCUT2D eigenvalue weighted by Gasteiger charge is -2.06. The molecule has 0 saturated carbocycles. The largest absolute Gasteiger partial charge is 0.360 e. The van der Waals surface area contributed by atoms with Crippen LogP contribution in [-0.2, 0) is 10.0 Å². The van der Waals surface area contributed by atoms with E-state index in [-0.39, 0.29) is 16.7 Å². The zero-order valence-corrected chi connectivity index (χ0v) is 13.2. The number of hydrogen-bond acceptors (Lipinski definition) is 7. The average Bonchev–Trinajstić information content (AvgIpc) is 2.95. The van der Waals surface area contributed by atoms with Crippen molar-refractivity contribution in [2.75, 3.05) is 11.8 Å². The summed E-state index contributed by atoms with van der Waals surface area (Å²) in [4.78, 5) is 4.32. The lowest BCUT2D eigenvalue weighted by molar-refractivity contribution is 0.390. The number of thiazole rings is 1. The van der Waals surface area contributed by atoms with Crippen LogP contribution in [0.15, 0.2) is 14.8 Å². The topological polar surface area (TPSA) is 97.1 Å². The van der Waals surface area contributed by atoms with Crippen LogP contribution in [0.4, 0.5) is 5.13 Å². The Morgan fingerprint density at radius 2 is 2.10 bits per heavy atom. The summed E-state index contributed by atoms with van der Waals surface area (Å²) in [5.41, 5.74) is 1.12. The van der Waals surface area contributed by atoms with Crippen molar-refractivity contribution in [2.24, 2.45) is 0 Å². The van der Waals surface area contributed by atoms with E-state index in [0.717, 1.165) is 5.69 Å². The molecule has 0 saturated heterocycles. The van der Waals surface area contributed by atoms with Crippen molar-refractivity contribution < 1.29 is 12.9 Å². The van der Waals surface area contributed by atoms with E-state index in [4.69, 9.17) is 4.52 Å². The fourth-order valence-electron chi connectivity index (χ4n) is 1.70. The monoisotopic (exact) mass is 316 g/mol. The van der Waals surface area contributed by atoms with E-state index in [1.807, 2.05) is 19.4 Å². The van der Waals surface area contributed by atoms with Gasteiger partial charge in [0.15, 0.2) is 15.8 Å². The molecule has 0 amide bonds. The molecule has 2 rings (SSSR count). The first-order chi connectivity index (χ1) is 9.35. The second-order valence-electron chi connectivity index (χ2n) is 4.35. The van der Waals surface area contributed by atoms with Gasteiger partial charge in [-0.2, -0.15) is 0 Å². The number of nitrogens with one attached hydrogen (secondary N) is 2. The number of aryl methyl sites for hydroxylation is 2. The van der Waals surface area contributed by atoms with Crippen LogP contribution >= 0.6 is 11.3 Å². The molecule has 0 bridgehead atoms. The minimum Gasteiger partial charge on any atom is -0.360 e. The number of anilines is 1. The highest BCUT2D eigenvalue weighted by Crippen LogP contribution is 2.25. The highest BCUT2D eigenvalue weighted by molar-refractivity contribution is 7.93. The number of sulfonamides is 1. The summed E-state index contributed by atoms with van der Waals surface area (Å²) in [6.45, 7) is 5.09. The molecule has 0 aliphatic rings. The maximum absolute atomic E-state index is 12.3. The average molecular weight is 316 g/mol. The van der Waals surface area contributed by atoms with Crippen LogP contribution in [-0.4, -0.2) is 25.6 Å². The Kier molecular flexibility index (Phi) is 4.11. The molecule has 1 atom stereocenters. The number of nitrogens with zero attached hydrogens (tertiary/aromatic N) is 2. The Bertz CT molecular complexity index is 686. The molecule has 2 heterocycles. The first kappa shape index (κ1) is 14.9. The summed E-state index contributed by atoms with van der Waals surface area (Å²) in [6.07, 6.45) is 0. The van der Waals surface area contributed by atoms with E-state index < -0.39 is 10.0 Å². The van der Waals surface area contributed by atoms with Crippen molar-refractivity contribution in [3.8, 4) is 0 Å². The van der Waals surface area contributed by atoms with Crippen molar-refractivity contribution in [2.45, 2.75) is 31.7 Å². The molecule has 2 aromatic heterocycles. The van der Waals surface area contributed by atoms with Gasteiger partial charge in [0.1, 0.15) is 5.69 Å². The number of aromatic nitrogens is 2. The van der Waals surface area contributed by atoms with Crippen LogP contribution in [0, 0.1) is 13.8 Å². The zero-order valence-electron chi connectivity index (χ0n) is 11.6.